The van der Waals surface area contributed by atoms with Gasteiger partial charge in [0.2, 0.25) is 0 Å². The molecule has 5 nitrogen and oxygen atoms in total. The maximum absolute atomic E-state index is 11.6. The first kappa shape index (κ1) is 15.4. The Hall–Kier alpha value is -0.680. The molecule has 7 heteroatoms. The Bertz CT molecular complexity index is 504. The van der Waals surface area contributed by atoms with E-state index in [2.05, 4.69) is 0 Å². The molecule has 0 radical (unpaired) electrons. The molecular formula is C11H18NO4PS. The van der Waals surface area contributed by atoms with Crippen LogP contribution in [0.2, 0.25) is 0 Å². The summed E-state index contributed by atoms with van der Waals surface area (Å²) in [6.07, 6.45) is 0. The molecule has 0 aliphatic rings. The van der Waals surface area contributed by atoms with E-state index in [1.807, 2.05) is 20.8 Å². The van der Waals surface area contributed by atoms with Crippen molar-refractivity contribution in [1.82, 2.24) is 4.57 Å². The summed E-state index contributed by atoms with van der Waals surface area (Å²) < 4.78 is 17.8. The van der Waals surface area contributed by atoms with E-state index in [9.17, 15) is 4.79 Å². The van der Waals surface area contributed by atoms with E-state index in [4.69, 9.17) is 25.4 Å². The van der Waals surface area contributed by atoms with Crippen LogP contribution in [0.1, 0.15) is 19.5 Å². The molecule has 1 heterocycles. The highest BCUT2D eigenvalue weighted by Gasteiger charge is 2.21. The van der Waals surface area contributed by atoms with Crippen molar-refractivity contribution in [3.8, 4) is 5.75 Å². The Kier molecular flexibility index (Phi) is 5.53. The van der Waals surface area contributed by atoms with Gasteiger partial charge in [-0.1, -0.05) is 0 Å². The predicted octanol–water partition coefficient (Wildman–Crippen LogP) is 2.37. The molecule has 18 heavy (non-hydrogen) atoms. The minimum Gasteiger partial charge on any atom is -0.424 e. The predicted molar refractivity (Wildman–Crippen MR) is 74.6 cm³/mol. The van der Waals surface area contributed by atoms with Crippen LogP contribution in [-0.4, -0.2) is 17.8 Å². The first-order valence-corrected chi connectivity index (χ1v) is 8.24. The Morgan fingerprint density at radius 3 is 2.28 bits per heavy atom. The topological polar surface area (TPSA) is 49.7 Å². The number of hydrogen-bond acceptors (Lipinski definition) is 5. The Morgan fingerprint density at radius 1 is 1.28 bits per heavy atom. The van der Waals surface area contributed by atoms with Gasteiger partial charge in [-0.05, 0) is 20.8 Å². The van der Waals surface area contributed by atoms with Gasteiger partial charge >= 0.3 is 6.72 Å². The lowest BCUT2D eigenvalue weighted by molar-refractivity contribution is 0.217. The van der Waals surface area contributed by atoms with Crippen molar-refractivity contribution in [1.29, 1.82) is 0 Å². The minimum atomic E-state index is -2.81. The van der Waals surface area contributed by atoms with Gasteiger partial charge in [-0.15, -0.1) is 0 Å². The number of aromatic nitrogens is 1. The molecule has 0 aliphatic carbocycles. The van der Waals surface area contributed by atoms with Crippen LogP contribution in [0, 0.1) is 6.92 Å². The average Bonchev–Trinajstić information content (AvgIpc) is 2.26. The second-order valence-electron chi connectivity index (χ2n) is 3.60. The summed E-state index contributed by atoms with van der Waals surface area (Å²) >= 11 is 5.24. The summed E-state index contributed by atoms with van der Waals surface area (Å²) in [6, 6.07) is 3.12. The van der Waals surface area contributed by atoms with E-state index >= 15 is 0 Å². The first-order chi connectivity index (χ1) is 8.41. The van der Waals surface area contributed by atoms with Gasteiger partial charge in [-0.3, -0.25) is 13.8 Å². The smallest absolute Gasteiger partial charge is 0.380 e. The summed E-state index contributed by atoms with van der Waals surface area (Å²) in [5, 5.41) is 0. The molecule has 0 aromatic carbocycles. The molecule has 0 spiro atoms. The Labute approximate surface area is 112 Å². The van der Waals surface area contributed by atoms with Crippen LogP contribution in [0.5, 0.6) is 5.75 Å². The van der Waals surface area contributed by atoms with Crippen molar-refractivity contribution in [2.45, 2.75) is 20.8 Å². The number of pyridine rings is 1. The van der Waals surface area contributed by atoms with Crippen molar-refractivity contribution in [2.24, 2.45) is 7.05 Å². The molecule has 0 saturated carbocycles. The van der Waals surface area contributed by atoms with Crippen LogP contribution >= 0.6 is 6.72 Å². The maximum Gasteiger partial charge on any atom is 0.380 e. The molecular weight excluding hydrogens is 273 g/mol. The van der Waals surface area contributed by atoms with Crippen molar-refractivity contribution in [3.63, 3.8) is 0 Å². The normalized spacial score (nSPS) is 11.6. The van der Waals surface area contributed by atoms with E-state index in [0.717, 1.165) is 5.69 Å². The number of nitrogens with zero attached hydrogens (tertiary/aromatic N) is 1. The zero-order valence-electron chi connectivity index (χ0n) is 11.0. The fraction of sp³-hybridized carbons (Fsp3) is 0.545. The highest BCUT2D eigenvalue weighted by Crippen LogP contribution is 2.49. The third-order valence-corrected chi connectivity index (χ3v) is 4.71. The second-order valence-corrected chi connectivity index (χ2v) is 6.54. The molecule has 0 aliphatic heterocycles. The van der Waals surface area contributed by atoms with Gasteiger partial charge in [0.1, 0.15) is 5.75 Å². The van der Waals surface area contributed by atoms with Crippen molar-refractivity contribution in [2.75, 3.05) is 13.2 Å². The Balaban J connectivity index is 3.01. The zero-order chi connectivity index (χ0) is 13.8. The van der Waals surface area contributed by atoms with Crippen molar-refractivity contribution in [3.05, 3.63) is 28.2 Å². The fourth-order valence-corrected chi connectivity index (χ4v) is 3.39. The zero-order valence-corrected chi connectivity index (χ0v) is 12.7. The van der Waals surface area contributed by atoms with Gasteiger partial charge in [0, 0.05) is 36.7 Å². The summed E-state index contributed by atoms with van der Waals surface area (Å²) in [5.74, 6) is 0.390. The quantitative estimate of drug-likeness (QED) is 0.753. The Morgan fingerprint density at radius 2 is 1.83 bits per heavy atom. The van der Waals surface area contributed by atoms with Gasteiger partial charge in [-0.2, -0.15) is 0 Å². The molecule has 0 amide bonds. The van der Waals surface area contributed by atoms with Crippen LogP contribution < -0.4 is 10.1 Å². The van der Waals surface area contributed by atoms with E-state index in [0.29, 0.717) is 19.0 Å². The molecule has 0 N–H and O–H groups in total. The molecule has 1 aromatic rings. The third-order valence-electron chi connectivity index (χ3n) is 2.27. The summed E-state index contributed by atoms with van der Waals surface area (Å²) in [7, 11) is 1.70. The molecule has 0 fully saturated rings. The van der Waals surface area contributed by atoms with E-state index in [-0.39, 0.29) is 5.56 Å². The SMILES string of the molecule is CCOP(=S)(OCC)Oc1cc(C)n(C)c(=O)c1. The number of rotatable bonds is 6. The van der Waals surface area contributed by atoms with Gasteiger partial charge in [0.05, 0.1) is 13.2 Å². The minimum absolute atomic E-state index is 0.153. The van der Waals surface area contributed by atoms with Crippen LogP contribution in [0.3, 0.4) is 0 Å². The summed E-state index contributed by atoms with van der Waals surface area (Å²) in [6.45, 7) is 3.45. The molecule has 0 atom stereocenters. The first-order valence-electron chi connectivity index (χ1n) is 5.68. The molecule has 0 bridgehead atoms. The van der Waals surface area contributed by atoms with Crippen molar-refractivity contribution >= 4 is 18.5 Å². The standard InChI is InChI=1S/C11H18NO4PS/c1-5-14-17(18,15-6-2)16-10-7-9(3)12(4)11(13)8-10/h7-8H,5-6H2,1-4H3. The molecule has 1 aromatic heterocycles. The average molecular weight is 291 g/mol. The summed E-state index contributed by atoms with van der Waals surface area (Å²) in [5.41, 5.74) is 0.631. The lowest BCUT2D eigenvalue weighted by Gasteiger charge is -2.21. The second kappa shape index (κ2) is 6.48. The van der Waals surface area contributed by atoms with Crippen LogP contribution in [0.25, 0.3) is 0 Å². The summed E-state index contributed by atoms with van der Waals surface area (Å²) in [4.78, 5) is 11.6. The highest BCUT2D eigenvalue weighted by molar-refractivity contribution is 8.07. The molecule has 1 rings (SSSR count). The molecule has 102 valence electrons. The van der Waals surface area contributed by atoms with E-state index < -0.39 is 6.72 Å². The van der Waals surface area contributed by atoms with E-state index in [1.165, 1.54) is 10.6 Å². The number of aryl methyl sites for hydroxylation is 1. The van der Waals surface area contributed by atoms with Crippen molar-refractivity contribution < 1.29 is 13.6 Å². The van der Waals surface area contributed by atoms with Gasteiger partial charge in [0.15, 0.2) is 0 Å². The number of hydrogen-bond donors (Lipinski definition) is 0. The monoisotopic (exact) mass is 291 g/mol. The van der Waals surface area contributed by atoms with Crippen LogP contribution in [0.15, 0.2) is 16.9 Å². The fourth-order valence-electron chi connectivity index (χ4n) is 1.32. The van der Waals surface area contributed by atoms with Gasteiger partial charge in [0.25, 0.3) is 5.56 Å². The highest BCUT2D eigenvalue weighted by atomic mass is 32.5. The van der Waals surface area contributed by atoms with E-state index in [1.54, 1.807) is 13.1 Å². The molecule has 0 saturated heterocycles. The lowest BCUT2D eigenvalue weighted by atomic mass is 10.3. The molecule has 0 unspecified atom stereocenters. The van der Waals surface area contributed by atoms with Gasteiger partial charge in [-0.25, -0.2) is 0 Å². The lowest BCUT2D eigenvalue weighted by Crippen LogP contribution is -2.18. The largest absolute Gasteiger partial charge is 0.424 e. The maximum atomic E-state index is 11.6. The van der Waals surface area contributed by atoms with Crippen LogP contribution in [0.4, 0.5) is 0 Å². The third kappa shape index (κ3) is 3.92. The van der Waals surface area contributed by atoms with Crippen LogP contribution in [-0.2, 0) is 27.9 Å². The van der Waals surface area contributed by atoms with Gasteiger partial charge < -0.3 is 9.09 Å².